The second-order valence-corrected chi connectivity index (χ2v) is 5.12. The van der Waals surface area contributed by atoms with Crippen molar-refractivity contribution in [2.24, 2.45) is 0 Å². The summed E-state index contributed by atoms with van der Waals surface area (Å²) in [4.78, 5) is 25.7. The molecule has 0 radical (unpaired) electrons. The van der Waals surface area contributed by atoms with Gasteiger partial charge in [-0.2, -0.15) is 0 Å². The Kier molecular flexibility index (Phi) is 4.02. The number of aryl methyl sites for hydroxylation is 1. The highest BCUT2D eigenvalue weighted by atomic mass is 16.5. The monoisotopic (exact) mass is 300 g/mol. The molecule has 3 rings (SSSR count). The fourth-order valence-electron chi connectivity index (χ4n) is 2.48. The fourth-order valence-corrected chi connectivity index (χ4v) is 2.48. The molecule has 22 heavy (non-hydrogen) atoms. The molecule has 6 nitrogen and oxygen atoms in total. The van der Waals surface area contributed by atoms with Crippen molar-refractivity contribution < 1.29 is 18.8 Å². The lowest BCUT2D eigenvalue weighted by molar-refractivity contribution is 0.0639. The SMILES string of the molecule is COCCCc1cc(CN2C(=O)c3ccccc3C2=O)no1. The molecule has 0 saturated heterocycles. The lowest BCUT2D eigenvalue weighted by Crippen LogP contribution is -2.29. The highest BCUT2D eigenvalue weighted by Crippen LogP contribution is 2.24. The van der Waals surface area contributed by atoms with Gasteiger partial charge < -0.3 is 9.26 Å². The van der Waals surface area contributed by atoms with Crippen LogP contribution in [-0.2, 0) is 17.7 Å². The minimum absolute atomic E-state index is 0.125. The maximum atomic E-state index is 12.3. The zero-order valence-electron chi connectivity index (χ0n) is 12.2. The van der Waals surface area contributed by atoms with Gasteiger partial charge in [-0.05, 0) is 18.6 Å². The van der Waals surface area contributed by atoms with Crippen LogP contribution in [0.3, 0.4) is 0 Å². The number of hydrogen-bond acceptors (Lipinski definition) is 5. The second kappa shape index (κ2) is 6.11. The molecule has 1 aliphatic heterocycles. The van der Waals surface area contributed by atoms with Gasteiger partial charge in [0.1, 0.15) is 11.5 Å². The molecule has 0 spiro atoms. The lowest BCUT2D eigenvalue weighted by Gasteiger charge is -2.10. The van der Waals surface area contributed by atoms with Crippen LogP contribution in [0.2, 0.25) is 0 Å². The Labute approximate surface area is 127 Å². The maximum absolute atomic E-state index is 12.3. The van der Waals surface area contributed by atoms with E-state index in [0.29, 0.717) is 29.8 Å². The summed E-state index contributed by atoms with van der Waals surface area (Å²) in [5.41, 5.74) is 1.45. The van der Waals surface area contributed by atoms with Gasteiger partial charge in [0.15, 0.2) is 0 Å². The molecule has 0 aliphatic carbocycles. The van der Waals surface area contributed by atoms with E-state index in [1.54, 1.807) is 37.4 Å². The molecule has 0 atom stereocenters. The molecule has 0 saturated carbocycles. The van der Waals surface area contributed by atoms with Crippen molar-refractivity contribution in [1.29, 1.82) is 0 Å². The molecule has 0 unspecified atom stereocenters. The van der Waals surface area contributed by atoms with E-state index >= 15 is 0 Å². The van der Waals surface area contributed by atoms with Crippen LogP contribution in [0.1, 0.15) is 38.6 Å². The van der Waals surface area contributed by atoms with E-state index in [-0.39, 0.29) is 18.4 Å². The van der Waals surface area contributed by atoms with Gasteiger partial charge in [-0.15, -0.1) is 0 Å². The van der Waals surface area contributed by atoms with Crippen LogP contribution in [0.25, 0.3) is 0 Å². The Hall–Kier alpha value is -2.47. The Balaban J connectivity index is 1.70. The minimum Gasteiger partial charge on any atom is -0.385 e. The number of ether oxygens (including phenoxy) is 1. The van der Waals surface area contributed by atoms with E-state index in [1.807, 2.05) is 0 Å². The maximum Gasteiger partial charge on any atom is 0.261 e. The van der Waals surface area contributed by atoms with Crippen LogP contribution in [0, 0.1) is 0 Å². The Morgan fingerprint density at radius 1 is 1.18 bits per heavy atom. The summed E-state index contributed by atoms with van der Waals surface area (Å²) < 4.78 is 10.2. The van der Waals surface area contributed by atoms with Crippen molar-refractivity contribution in [1.82, 2.24) is 10.1 Å². The normalized spacial score (nSPS) is 13.8. The Morgan fingerprint density at radius 3 is 2.50 bits per heavy atom. The molecule has 0 fully saturated rings. The largest absolute Gasteiger partial charge is 0.385 e. The van der Waals surface area contributed by atoms with Gasteiger partial charge in [0.05, 0.1) is 17.7 Å². The zero-order valence-corrected chi connectivity index (χ0v) is 12.2. The number of hydrogen-bond donors (Lipinski definition) is 0. The van der Waals surface area contributed by atoms with Gasteiger partial charge in [0.25, 0.3) is 11.8 Å². The molecule has 0 bridgehead atoms. The van der Waals surface area contributed by atoms with Crippen molar-refractivity contribution in [3.05, 3.63) is 52.9 Å². The van der Waals surface area contributed by atoms with Gasteiger partial charge in [-0.3, -0.25) is 14.5 Å². The summed E-state index contributed by atoms with van der Waals surface area (Å²) in [6.45, 7) is 0.772. The Bertz CT molecular complexity index is 673. The van der Waals surface area contributed by atoms with Crippen LogP contribution in [0.5, 0.6) is 0 Å². The smallest absolute Gasteiger partial charge is 0.261 e. The molecular formula is C16H16N2O4. The van der Waals surface area contributed by atoms with Gasteiger partial charge in [-0.25, -0.2) is 0 Å². The van der Waals surface area contributed by atoms with Crippen LogP contribution in [-0.4, -0.2) is 35.6 Å². The molecule has 2 amide bonds. The predicted octanol–water partition coefficient (Wildman–Crippen LogP) is 2.05. The third-order valence-electron chi connectivity index (χ3n) is 3.58. The van der Waals surface area contributed by atoms with Crippen LogP contribution in [0.15, 0.2) is 34.9 Å². The number of fused-ring (bicyclic) bond motifs is 1. The quantitative estimate of drug-likeness (QED) is 0.603. The number of amides is 2. The average Bonchev–Trinajstić information content (AvgIpc) is 3.07. The van der Waals surface area contributed by atoms with Crippen molar-refractivity contribution in [3.63, 3.8) is 0 Å². The summed E-state index contributed by atoms with van der Waals surface area (Å²) in [6, 6.07) is 8.59. The van der Waals surface area contributed by atoms with Crippen molar-refractivity contribution >= 4 is 11.8 Å². The molecule has 6 heteroatoms. The molecule has 1 aliphatic rings. The van der Waals surface area contributed by atoms with E-state index < -0.39 is 0 Å². The highest BCUT2D eigenvalue weighted by Gasteiger charge is 2.35. The Morgan fingerprint density at radius 2 is 1.86 bits per heavy atom. The molecule has 0 N–H and O–H groups in total. The zero-order chi connectivity index (χ0) is 15.5. The summed E-state index contributed by atoms with van der Waals surface area (Å²) in [5, 5.41) is 3.93. The number of rotatable bonds is 6. The summed E-state index contributed by atoms with van der Waals surface area (Å²) in [6.07, 6.45) is 1.54. The number of benzene rings is 1. The summed E-state index contributed by atoms with van der Waals surface area (Å²) in [7, 11) is 1.65. The van der Waals surface area contributed by atoms with Crippen LogP contribution in [0.4, 0.5) is 0 Å². The first kappa shape index (κ1) is 14.5. The third kappa shape index (κ3) is 2.65. The van der Waals surface area contributed by atoms with E-state index in [9.17, 15) is 9.59 Å². The average molecular weight is 300 g/mol. The van der Waals surface area contributed by atoms with Crippen molar-refractivity contribution in [2.45, 2.75) is 19.4 Å². The first-order chi connectivity index (χ1) is 10.7. The molecule has 2 aromatic rings. The molecule has 2 heterocycles. The van der Waals surface area contributed by atoms with Gasteiger partial charge in [-0.1, -0.05) is 17.3 Å². The first-order valence-corrected chi connectivity index (χ1v) is 7.09. The number of imide groups is 1. The summed E-state index contributed by atoms with van der Waals surface area (Å²) in [5.74, 6) is 0.151. The minimum atomic E-state index is -0.287. The molecule has 1 aromatic heterocycles. The second-order valence-electron chi connectivity index (χ2n) is 5.12. The highest BCUT2D eigenvalue weighted by molar-refractivity contribution is 6.21. The van der Waals surface area contributed by atoms with E-state index in [4.69, 9.17) is 9.26 Å². The number of nitrogens with zero attached hydrogens (tertiary/aromatic N) is 2. The van der Waals surface area contributed by atoms with Crippen LogP contribution < -0.4 is 0 Å². The standard InChI is InChI=1S/C16H16N2O4/c1-21-8-4-5-12-9-11(17-22-12)10-18-15(19)13-6-2-3-7-14(13)16(18)20/h2-3,6-7,9H,4-5,8,10H2,1H3. The van der Waals surface area contributed by atoms with E-state index in [0.717, 1.165) is 12.2 Å². The van der Waals surface area contributed by atoms with Crippen molar-refractivity contribution in [3.8, 4) is 0 Å². The first-order valence-electron chi connectivity index (χ1n) is 7.09. The molecule has 1 aromatic carbocycles. The number of aromatic nitrogens is 1. The molecular weight excluding hydrogens is 284 g/mol. The predicted molar refractivity (Wildman–Crippen MR) is 77.3 cm³/mol. The number of methoxy groups -OCH3 is 1. The molecule has 114 valence electrons. The van der Waals surface area contributed by atoms with Gasteiger partial charge >= 0.3 is 0 Å². The van der Waals surface area contributed by atoms with Crippen molar-refractivity contribution in [2.75, 3.05) is 13.7 Å². The van der Waals surface area contributed by atoms with Crippen LogP contribution >= 0.6 is 0 Å². The third-order valence-corrected chi connectivity index (χ3v) is 3.58. The number of carbonyl (C=O) groups excluding carboxylic acids is 2. The fraction of sp³-hybridized carbons (Fsp3) is 0.312. The summed E-state index contributed by atoms with van der Waals surface area (Å²) >= 11 is 0. The van der Waals surface area contributed by atoms with Gasteiger partial charge in [0, 0.05) is 26.2 Å². The van der Waals surface area contributed by atoms with Gasteiger partial charge in [0.2, 0.25) is 0 Å². The lowest BCUT2D eigenvalue weighted by atomic mass is 10.1. The topological polar surface area (TPSA) is 72.6 Å². The van der Waals surface area contributed by atoms with E-state index in [2.05, 4.69) is 5.16 Å². The number of carbonyl (C=O) groups is 2. The van der Waals surface area contributed by atoms with E-state index in [1.165, 1.54) is 4.90 Å².